The molecule has 182 valence electrons. The summed E-state index contributed by atoms with van der Waals surface area (Å²) in [7, 11) is 2.25. The zero-order valence-electron chi connectivity index (χ0n) is 23.1. The molecule has 0 amide bonds. The molecule has 1 aromatic carbocycles. The first-order valence-electron chi connectivity index (χ1n) is 12.6. The molecule has 0 aliphatic heterocycles. The van der Waals surface area contributed by atoms with Crippen molar-refractivity contribution in [2.45, 2.75) is 111 Å². The third-order valence-corrected chi connectivity index (χ3v) is 6.25. The van der Waals surface area contributed by atoms with Gasteiger partial charge in [0.15, 0.2) is 0 Å². The molecular weight excluding hydrogens is 386 g/mol. The van der Waals surface area contributed by atoms with E-state index in [0.717, 1.165) is 19.0 Å². The topological polar surface area (TPSA) is 3.24 Å². The molecule has 0 fully saturated rings. The Morgan fingerprint density at radius 2 is 1.38 bits per heavy atom. The predicted molar refractivity (Wildman–Crippen MR) is 148 cm³/mol. The predicted octanol–water partition coefficient (Wildman–Crippen LogP) is 9.03. The van der Waals surface area contributed by atoms with Crippen molar-refractivity contribution in [3.63, 3.8) is 0 Å². The molecule has 1 aliphatic carbocycles. The number of hydrogen-bond donors (Lipinski definition) is 0. The van der Waals surface area contributed by atoms with Crippen molar-refractivity contribution in [1.29, 1.82) is 0 Å². The van der Waals surface area contributed by atoms with E-state index in [1.165, 1.54) is 42.4 Å². The molecule has 0 radical (unpaired) electrons. The summed E-state index contributed by atoms with van der Waals surface area (Å²) in [5.74, 6) is 0. The number of rotatable bonds is 6. The molecule has 1 heteroatoms. The Bertz CT molecular complexity index is 673. The standard InChI is InChI=1S/C16H26.C13H23N.C2H4/c1-8-12-9-13(15(2,3)4)11-14(10-12)16(5,6)7;1-4-13(5-2)14(3)11-12-9-7-6-8-10-12;1-2/h9-11H,8H2,1-7H3;6-7,9,13H,4-5,8,10-11H2,1-3H3;1-2H2. The maximum absolute atomic E-state index is 3.00. The van der Waals surface area contributed by atoms with E-state index < -0.39 is 0 Å². The third-order valence-electron chi connectivity index (χ3n) is 6.25. The average molecular weight is 440 g/mol. The van der Waals surface area contributed by atoms with E-state index >= 15 is 0 Å². The van der Waals surface area contributed by atoms with Crippen LogP contribution < -0.4 is 0 Å². The number of aryl methyl sites for hydroxylation is 1. The summed E-state index contributed by atoms with van der Waals surface area (Å²) in [5.41, 5.74) is 6.43. The highest BCUT2D eigenvalue weighted by atomic mass is 15.1. The van der Waals surface area contributed by atoms with Crippen molar-refractivity contribution in [2.24, 2.45) is 0 Å². The zero-order chi connectivity index (χ0) is 24.9. The smallest absolute Gasteiger partial charge is 0.0195 e. The molecule has 32 heavy (non-hydrogen) atoms. The summed E-state index contributed by atoms with van der Waals surface area (Å²) in [6.07, 6.45) is 12.8. The second kappa shape index (κ2) is 14.5. The van der Waals surface area contributed by atoms with Gasteiger partial charge in [-0.05, 0) is 66.7 Å². The van der Waals surface area contributed by atoms with Crippen LogP contribution in [0, 0.1) is 0 Å². The quantitative estimate of drug-likeness (QED) is 0.400. The van der Waals surface area contributed by atoms with Gasteiger partial charge in [0.1, 0.15) is 0 Å². The lowest BCUT2D eigenvalue weighted by Crippen LogP contribution is -2.32. The molecule has 0 bridgehead atoms. The van der Waals surface area contributed by atoms with Gasteiger partial charge in [-0.25, -0.2) is 0 Å². The lowest BCUT2D eigenvalue weighted by molar-refractivity contribution is 0.246. The number of hydrogen-bond acceptors (Lipinski definition) is 1. The SMILES string of the molecule is C=C.CCC(CC)N(C)CC1=CC=CCC1.CCc1cc(C(C)(C)C)cc(C(C)(C)C)c1. The largest absolute Gasteiger partial charge is 0.300 e. The van der Waals surface area contributed by atoms with Crippen LogP contribution in [0.15, 0.2) is 55.2 Å². The van der Waals surface area contributed by atoms with Crippen LogP contribution in [0.2, 0.25) is 0 Å². The molecule has 1 aliphatic rings. The van der Waals surface area contributed by atoms with Crippen LogP contribution in [-0.2, 0) is 17.3 Å². The second-order valence-corrected chi connectivity index (χ2v) is 10.9. The summed E-state index contributed by atoms with van der Waals surface area (Å²) < 4.78 is 0. The molecule has 0 saturated heterocycles. The summed E-state index contributed by atoms with van der Waals surface area (Å²) in [5, 5.41) is 0. The molecule has 1 aromatic rings. The molecule has 1 nitrogen and oxygen atoms in total. The van der Waals surface area contributed by atoms with Crippen molar-refractivity contribution in [3.8, 4) is 0 Å². The van der Waals surface area contributed by atoms with E-state index in [0.29, 0.717) is 0 Å². The van der Waals surface area contributed by atoms with E-state index in [4.69, 9.17) is 0 Å². The van der Waals surface area contributed by atoms with Crippen molar-refractivity contribution in [1.82, 2.24) is 4.90 Å². The molecule has 0 aromatic heterocycles. The fourth-order valence-corrected chi connectivity index (χ4v) is 3.91. The maximum atomic E-state index is 3.00. The maximum Gasteiger partial charge on any atom is 0.0195 e. The summed E-state index contributed by atoms with van der Waals surface area (Å²) in [6.45, 7) is 27.7. The Morgan fingerprint density at radius 3 is 1.72 bits per heavy atom. The molecule has 0 heterocycles. The molecule has 0 unspecified atom stereocenters. The highest BCUT2D eigenvalue weighted by molar-refractivity contribution is 5.37. The van der Waals surface area contributed by atoms with Crippen LogP contribution >= 0.6 is 0 Å². The van der Waals surface area contributed by atoms with E-state index in [2.05, 4.69) is 124 Å². The number of likely N-dealkylation sites (N-methyl/N-ethyl adjacent to an activating group) is 1. The first-order valence-corrected chi connectivity index (χ1v) is 12.6. The van der Waals surface area contributed by atoms with Gasteiger partial charge in [0.25, 0.3) is 0 Å². The minimum Gasteiger partial charge on any atom is -0.300 e. The first-order chi connectivity index (χ1) is 14.9. The average Bonchev–Trinajstić information content (AvgIpc) is 2.75. The summed E-state index contributed by atoms with van der Waals surface area (Å²) in [4.78, 5) is 2.49. The second-order valence-electron chi connectivity index (χ2n) is 10.9. The van der Waals surface area contributed by atoms with Crippen LogP contribution in [-0.4, -0.2) is 24.5 Å². The Labute approximate surface area is 201 Å². The van der Waals surface area contributed by atoms with Gasteiger partial charge in [-0.1, -0.05) is 104 Å². The number of allylic oxidation sites excluding steroid dienone is 3. The van der Waals surface area contributed by atoms with Gasteiger partial charge in [0, 0.05) is 12.6 Å². The van der Waals surface area contributed by atoms with E-state index in [1.807, 2.05) is 0 Å². The normalized spacial score (nSPS) is 13.8. The van der Waals surface area contributed by atoms with Crippen LogP contribution in [0.1, 0.15) is 105 Å². The minimum absolute atomic E-state index is 0.241. The van der Waals surface area contributed by atoms with Crippen molar-refractivity contribution >= 4 is 0 Å². The van der Waals surface area contributed by atoms with E-state index in [-0.39, 0.29) is 10.8 Å². The Hall–Kier alpha value is -1.60. The van der Waals surface area contributed by atoms with Crippen LogP contribution in [0.5, 0.6) is 0 Å². The Balaban J connectivity index is 0.000000561. The van der Waals surface area contributed by atoms with Gasteiger partial charge < -0.3 is 0 Å². The highest BCUT2D eigenvalue weighted by Gasteiger charge is 2.20. The lowest BCUT2D eigenvalue weighted by atomic mass is 9.79. The fourth-order valence-electron chi connectivity index (χ4n) is 3.91. The highest BCUT2D eigenvalue weighted by Crippen LogP contribution is 2.30. The van der Waals surface area contributed by atoms with Crippen molar-refractivity contribution in [3.05, 3.63) is 71.8 Å². The number of benzene rings is 1. The van der Waals surface area contributed by atoms with E-state index in [1.54, 1.807) is 5.57 Å². The molecular formula is C31H53N. The van der Waals surface area contributed by atoms with Crippen molar-refractivity contribution < 1.29 is 0 Å². The fraction of sp³-hybridized carbons (Fsp3) is 0.613. The Morgan fingerprint density at radius 1 is 0.875 bits per heavy atom. The van der Waals surface area contributed by atoms with Gasteiger partial charge in [0.05, 0.1) is 0 Å². The van der Waals surface area contributed by atoms with Gasteiger partial charge in [0.2, 0.25) is 0 Å². The monoisotopic (exact) mass is 439 g/mol. The zero-order valence-corrected chi connectivity index (χ0v) is 23.1. The molecule has 2 rings (SSSR count). The first kappa shape index (κ1) is 30.4. The van der Waals surface area contributed by atoms with Crippen LogP contribution in [0.3, 0.4) is 0 Å². The van der Waals surface area contributed by atoms with E-state index in [9.17, 15) is 0 Å². The molecule has 0 saturated carbocycles. The van der Waals surface area contributed by atoms with Crippen molar-refractivity contribution in [2.75, 3.05) is 13.6 Å². The van der Waals surface area contributed by atoms with Gasteiger partial charge >= 0.3 is 0 Å². The molecule has 0 N–H and O–H groups in total. The molecule has 0 spiro atoms. The lowest BCUT2D eigenvalue weighted by Gasteiger charge is -2.27. The minimum atomic E-state index is 0.241. The summed E-state index contributed by atoms with van der Waals surface area (Å²) in [6, 6.07) is 7.84. The van der Waals surface area contributed by atoms with Crippen LogP contribution in [0.4, 0.5) is 0 Å². The van der Waals surface area contributed by atoms with Crippen LogP contribution in [0.25, 0.3) is 0 Å². The third kappa shape index (κ3) is 10.8. The van der Waals surface area contributed by atoms with Gasteiger partial charge in [-0.3, -0.25) is 4.90 Å². The summed E-state index contributed by atoms with van der Waals surface area (Å²) >= 11 is 0. The Kier molecular flexibility index (Phi) is 13.8. The van der Waals surface area contributed by atoms with Gasteiger partial charge in [-0.15, -0.1) is 13.2 Å². The number of nitrogens with zero attached hydrogens (tertiary/aromatic N) is 1. The molecule has 0 atom stereocenters. The van der Waals surface area contributed by atoms with Gasteiger partial charge in [-0.2, -0.15) is 0 Å².